The highest BCUT2D eigenvalue weighted by Crippen LogP contribution is 2.25. The Morgan fingerprint density at radius 2 is 2.26 bits per heavy atom. The van der Waals surface area contributed by atoms with Gasteiger partial charge in [-0.2, -0.15) is 0 Å². The molecule has 1 amide bonds. The van der Waals surface area contributed by atoms with Crippen LogP contribution in [0.5, 0.6) is 0 Å². The standard InChI is InChI=1S/C13H15Cl2N5O2S/c1-3-4-20-12(22)18-19-13(20)23-7(2)11(21)17-10-9(15)5-8(14)6-16-10/h5-7H,3-4H2,1-2H3,(H,18,22)(H,16,17,21)/t7-/m1/s1. The Balaban J connectivity index is 2.07. The molecule has 2 N–H and O–H groups in total. The number of rotatable bonds is 6. The van der Waals surface area contributed by atoms with E-state index in [9.17, 15) is 9.59 Å². The molecular weight excluding hydrogens is 361 g/mol. The van der Waals surface area contributed by atoms with Crippen LogP contribution in [0.25, 0.3) is 0 Å². The van der Waals surface area contributed by atoms with Crippen LogP contribution < -0.4 is 11.0 Å². The number of aromatic amines is 1. The summed E-state index contributed by atoms with van der Waals surface area (Å²) in [6.07, 6.45) is 2.19. The van der Waals surface area contributed by atoms with Gasteiger partial charge >= 0.3 is 5.69 Å². The predicted octanol–water partition coefficient (Wildman–Crippen LogP) is 2.80. The first kappa shape index (κ1) is 17.8. The van der Waals surface area contributed by atoms with E-state index < -0.39 is 5.25 Å². The molecule has 2 aromatic rings. The summed E-state index contributed by atoms with van der Waals surface area (Å²) in [7, 11) is 0. The highest BCUT2D eigenvalue weighted by molar-refractivity contribution is 8.00. The van der Waals surface area contributed by atoms with Crippen molar-refractivity contribution >= 4 is 46.7 Å². The average molecular weight is 376 g/mol. The van der Waals surface area contributed by atoms with E-state index in [4.69, 9.17) is 23.2 Å². The second-order valence-corrected chi connectivity index (χ2v) is 6.85. The third-order valence-corrected chi connectivity index (χ3v) is 4.46. The molecule has 2 heterocycles. The van der Waals surface area contributed by atoms with Gasteiger partial charge in [-0.25, -0.2) is 14.9 Å². The molecule has 0 saturated heterocycles. The van der Waals surface area contributed by atoms with Crippen LogP contribution in [0.3, 0.4) is 0 Å². The van der Waals surface area contributed by atoms with Crippen molar-refractivity contribution in [1.29, 1.82) is 0 Å². The lowest BCUT2D eigenvalue weighted by Crippen LogP contribution is -2.24. The normalized spacial score (nSPS) is 12.2. The lowest BCUT2D eigenvalue weighted by Gasteiger charge is -2.12. The van der Waals surface area contributed by atoms with Crippen LogP contribution in [-0.4, -0.2) is 30.9 Å². The zero-order valence-corrected chi connectivity index (χ0v) is 14.8. The first-order valence-corrected chi connectivity index (χ1v) is 8.49. The molecule has 0 aliphatic rings. The zero-order valence-electron chi connectivity index (χ0n) is 12.5. The molecule has 0 fully saturated rings. The summed E-state index contributed by atoms with van der Waals surface area (Å²) < 4.78 is 1.50. The molecule has 0 aliphatic heterocycles. The van der Waals surface area contributed by atoms with Crippen molar-refractivity contribution in [2.45, 2.75) is 37.2 Å². The van der Waals surface area contributed by atoms with Crippen LogP contribution in [-0.2, 0) is 11.3 Å². The average Bonchev–Trinajstić information content (AvgIpc) is 2.83. The summed E-state index contributed by atoms with van der Waals surface area (Å²) in [6.45, 7) is 4.20. The number of carbonyl (C=O) groups excluding carboxylic acids is 1. The maximum absolute atomic E-state index is 12.2. The molecule has 0 aliphatic carbocycles. The van der Waals surface area contributed by atoms with Crippen LogP contribution in [0.4, 0.5) is 5.82 Å². The largest absolute Gasteiger partial charge is 0.343 e. The van der Waals surface area contributed by atoms with Crippen molar-refractivity contribution in [3.63, 3.8) is 0 Å². The van der Waals surface area contributed by atoms with Crippen LogP contribution in [0.15, 0.2) is 22.2 Å². The number of nitrogens with zero attached hydrogens (tertiary/aromatic N) is 3. The van der Waals surface area contributed by atoms with Gasteiger partial charge < -0.3 is 5.32 Å². The lowest BCUT2D eigenvalue weighted by molar-refractivity contribution is -0.115. The van der Waals surface area contributed by atoms with Crippen molar-refractivity contribution in [1.82, 2.24) is 19.7 Å². The first-order chi connectivity index (χ1) is 10.9. The maximum Gasteiger partial charge on any atom is 0.343 e. The van der Waals surface area contributed by atoms with E-state index in [1.807, 2.05) is 6.92 Å². The van der Waals surface area contributed by atoms with Gasteiger partial charge in [-0.1, -0.05) is 41.9 Å². The SMILES string of the molecule is CCCn1c(S[C@H](C)C(=O)Nc2ncc(Cl)cc2Cl)n[nH]c1=O. The molecule has 0 bridgehead atoms. The van der Waals surface area contributed by atoms with Gasteiger partial charge in [0.2, 0.25) is 5.91 Å². The number of hydrogen-bond acceptors (Lipinski definition) is 5. The van der Waals surface area contributed by atoms with Gasteiger partial charge in [0.15, 0.2) is 11.0 Å². The third-order valence-electron chi connectivity index (χ3n) is 2.87. The summed E-state index contributed by atoms with van der Waals surface area (Å²) in [4.78, 5) is 27.9. The predicted molar refractivity (Wildman–Crippen MR) is 91.3 cm³/mol. The minimum atomic E-state index is -0.491. The van der Waals surface area contributed by atoms with Gasteiger partial charge in [-0.05, 0) is 19.4 Å². The van der Waals surface area contributed by atoms with Crippen molar-refractivity contribution in [3.05, 3.63) is 32.8 Å². The molecule has 7 nitrogen and oxygen atoms in total. The van der Waals surface area contributed by atoms with Crippen molar-refractivity contribution in [2.24, 2.45) is 0 Å². The molecule has 10 heteroatoms. The number of anilines is 1. The van der Waals surface area contributed by atoms with E-state index in [1.54, 1.807) is 6.92 Å². The van der Waals surface area contributed by atoms with E-state index in [0.29, 0.717) is 16.7 Å². The quantitative estimate of drug-likeness (QED) is 0.757. The van der Waals surface area contributed by atoms with Gasteiger partial charge in [-0.3, -0.25) is 9.36 Å². The molecule has 0 radical (unpaired) electrons. The van der Waals surface area contributed by atoms with Crippen LogP contribution in [0, 0.1) is 0 Å². The summed E-state index contributed by atoms with van der Waals surface area (Å²) in [5.41, 5.74) is -0.288. The summed E-state index contributed by atoms with van der Waals surface area (Å²) in [6, 6.07) is 1.50. The molecule has 2 aromatic heterocycles. The van der Waals surface area contributed by atoms with E-state index in [2.05, 4.69) is 20.5 Å². The Labute approximate surface area is 146 Å². The Bertz CT molecular complexity index is 761. The third kappa shape index (κ3) is 4.49. The number of aromatic nitrogens is 4. The monoisotopic (exact) mass is 375 g/mol. The minimum absolute atomic E-state index is 0.237. The fourth-order valence-electron chi connectivity index (χ4n) is 1.75. The second kappa shape index (κ2) is 7.85. The summed E-state index contributed by atoms with van der Waals surface area (Å²) in [5.74, 6) is -0.0632. The number of carbonyl (C=O) groups is 1. The number of nitrogens with one attached hydrogen (secondary N) is 2. The van der Waals surface area contributed by atoms with E-state index in [0.717, 1.165) is 6.42 Å². The zero-order chi connectivity index (χ0) is 17.0. The number of halogens is 2. The molecule has 0 spiro atoms. The number of pyridine rings is 1. The molecule has 1 atom stereocenters. The topological polar surface area (TPSA) is 92.7 Å². The highest BCUT2D eigenvalue weighted by Gasteiger charge is 2.20. The molecule has 0 aromatic carbocycles. The maximum atomic E-state index is 12.2. The Hall–Kier alpha value is -1.51. The van der Waals surface area contributed by atoms with Crippen LogP contribution in [0.1, 0.15) is 20.3 Å². The number of thioether (sulfide) groups is 1. The van der Waals surface area contributed by atoms with Gasteiger partial charge in [0.05, 0.1) is 15.3 Å². The molecular formula is C13H15Cl2N5O2S. The van der Waals surface area contributed by atoms with Crippen LogP contribution in [0.2, 0.25) is 10.0 Å². The molecule has 0 saturated carbocycles. The second-order valence-electron chi connectivity index (χ2n) is 4.70. The van der Waals surface area contributed by atoms with E-state index in [-0.39, 0.29) is 22.4 Å². The Morgan fingerprint density at radius 1 is 1.52 bits per heavy atom. The van der Waals surface area contributed by atoms with Crippen molar-refractivity contribution < 1.29 is 4.79 Å². The summed E-state index contributed by atoms with van der Waals surface area (Å²) >= 11 is 12.9. The van der Waals surface area contributed by atoms with Gasteiger partial charge in [0.1, 0.15) is 0 Å². The van der Waals surface area contributed by atoms with Gasteiger partial charge in [0.25, 0.3) is 0 Å². The number of hydrogen-bond donors (Lipinski definition) is 2. The van der Waals surface area contributed by atoms with E-state index >= 15 is 0 Å². The van der Waals surface area contributed by atoms with Crippen LogP contribution >= 0.6 is 35.0 Å². The molecule has 2 rings (SSSR count). The smallest absolute Gasteiger partial charge is 0.308 e. The Morgan fingerprint density at radius 3 is 2.91 bits per heavy atom. The lowest BCUT2D eigenvalue weighted by atomic mass is 10.4. The molecule has 23 heavy (non-hydrogen) atoms. The van der Waals surface area contributed by atoms with Gasteiger partial charge in [-0.15, -0.1) is 5.10 Å². The minimum Gasteiger partial charge on any atom is -0.308 e. The van der Waals surface area contributed by atoms with E-state index in [1.165, 1.54) is 28.6 Å². The van der Waals surface area contributed by atoms with Gasteiger partial charge in [0, 0.05) is 12.7 Å². The summed E-state index contributed by atoms with van der Waals surface area (Å²) in [5, 5.41) is 9.58. The number of H-pyrrole nitrogens is 1. The highest BCUT2D eigenvalue weighted by atomic mass is 35.5. The number of amides is 1. The Kier molecular flexibility index (Phi) is 6.09. The first-order valence-electron chi connectivity index (χ1n) is 6.86. The fourth-order valence-corrected chi connectivity index (χ4v) is 3.06. The molecule has 0 unspecified atom stereocenters. The molecule has 124 valence electrons. The fraction of sp³-hybridized carbons (Fsp3) is 0.385. The van der Waals surface area contributed by atoms with Crippen molar-refractivity contribution in [3.8, 4) is 0 Å². The van der Waals surface area contributed by atoms with Crippen molar-refractivity contribution in [2.75, 3.05) is 5.32 Å².